The molecule has 170 valence electrons. The standard InChI is InChI=1S/C25H26N4O4/c1-15-10-20(17(3)32-15)22-11-21(23-16(2)28-33-24(23)27-22)25(30)29(14-19-7-5-9-31-19)13-18-6-4-8-26-12-18/h4,6,8,10-12,19H,5,7,9,13-14H2,1-3H3. The highest BCUT2D eigenvalue weighted by Gasteiger charge is 2.28. The van der Waals surface area contributed by atoms with E-state index in [2.05, 4.69) is 15.1 Å². The molecule has 1 fully saturated rings. The van der Waals surface area contributed by atoms with Gasteiger partial charge in [-0.15, -0.1) is 0 Å². The van der Waals surface area contributed by atoms with Crippen molar-refractivity contribution in [2.75, 3.05) is 13.2 Å². The minimum Gasteiger partial charge on any atom is -0.466 e. The molecule has 0 N–H and O–H groups in total. The molecule has 0 bridgehead atoms. The van der Waals surface area contributed by atoms with E-state index in [9.17, 15) is 4.79 Å². The number of amides is 1. The van der Waals surface area contributed by atoms with Crippen molar-refractivity contribution in [1.82, 2.24) is 20.0 Å². The molecule has 0 saturated carbocycles. The molecular weight excluding hydrogens is 420 g/mol. The lowest BCUT2D eigenvalue weighted by Crippen LogP contribution is -2.37. The second kappa shape index (κ2) is 8.78. The van der Waals surface area contributed by atoms with Gasteiger partial charge in [0.15, 0.2) is 0 Å². The highest BCUT2D eigenvalue weighted by Crippen LogP contribution is 2.31. The van der Waals surface area contributed by atoms with Gasteiger partial charge in [0.2, 0.25) is 0 Å². The van der Waals surface area contributed by atoms with E-state index in [-0.39, 0.29) is 12.0 Å². The number of aromatic nitrogens is 3. The lowest BCUT2D eigenvalue weighted by atomic mass is 10.0. The summed E-state index contributed by atoms with van der Waals surface area (Å²) < 4.78 is 17.0. The molecule has 1 unspecified atom stereocenters. The van der Waals surface area contributed by atoms with Crippen molar-refractivity contribution >= 4 is 17.0 Å². The fourth-order valence-corrected chi connectivity index (χ4v) is 4.42. The van der Waals surface area contributed by atoms with Crippen LogP contribution in [0.4, 0.5) is 0 Å². The van der Waals surface area contributed by atoms with Crippen LogP contribution in [0.2, 0.25) is 0 Å². The summed E-state index contributed by atoms with van der Waals surface area (Å²) >= 11 is 0. The SMILES string of the molecule is Cc1cc(-c2cc(C(=O)N(Cc3cccnc3)CC3CCCO3)c3c(C)noc3n2)c(C)o1. The molecule has 1 aliphatic rings. The molecule has 5 heterocycles. The molecule has 33 heavy (non-hydrogen) atoms. The van der Waals surface area contributed by atoms with Crippen LogP contribution >= 0.6 is 0 Å². The van der Waals surface area contributed by atoms with Crippen molar-refractivity contribution in [2.24, 2.45) is 0 Å². The summed E-state index contributed by atoms with van der Waals surface area (Å²) in [6, 6.07) is 7.58. The Morgan fingerprint density at radius 3 is 2.82 bits per heavy atom. The Kier molecular flexibility index (Phi) is 5.68. The van der Waals surface area contributed by atoms with Crippen LogP contribution < -0.4 is 0 Å². The lowest BCUT2D eigenvalue weighted by Gasteiger charge is -2.26. The van der Waals surface area contributed by atoms with Crippen LogP contribution in [-0.4, -0.2) is 45.2 Å². The number of furan rings is 1. The average molecular weight is 447 g/mol. The van der Waals surface area contributed by atoms with Crippen molar-refractivity contribution in [3.05, 3.63) is 65.0 Å². The van der Waals surface area contributed by atoms with E-state index in [1.807, 2.05) is 49.9 Å². The van der Waals surface area contributed by atoms with Gasteiger partial charge in [-0.25, -0.2) is 4.98 Å². The smallest absolute Gasteiger partial charge is 0.259 e. The van der Waals surface area contributed by atoms with E-state index >= 15 is 0 Å². The zero-order valence-corrected chi connectivity index (χ0v) is 19.0. The fourth-order valence-electron chi connectivity index (χ4n) is 4.42. The number of carbonyl (C=O) groups is 1. The van der Waals surface area contributed by atoms with Crippen molar-refractivity contribution in [1.29, 1.82) is 0 Å². The molecule has 0 radical (unpaired) electrons. The molecule has 1 amide bonds. The van der Waals surface area contributed by atoms with Crippen molar-refractivity contribution in [3.8, 4) is 11.3 Å². The zero-order chi connectivity index (χ0) is 22.9. The van der Waals surface area contributed by atoms with Gasteiger partial charge >= 0.3 is 0 Å². The van der Waals surface area contributed by atoms with Crippen LogP contribution in [0.3, 0.4) is 0 Å². The monoisotopic (exact) mass is 446 g/mol. The molecule has 1 atom stereocenters. The predicted molar refractivity (Wildman–Crippen MR) is 122 cm³/mol. The molecule has 1 saturated heterocycles. The van der Waals surface area contributed by atoms with Gasteiger partial charge in [0, 0.05) is 37.7 Å². The number of nitrogens with zero attached hydrogens (tertiary/aromatic N) is 4. The summed E-state index contributed by atoms with van der Waals surface area (Å²) in [7, 11) is 0. The van der Waals surface area contributed by atoms with Gasteiger partial charge in [-0.2, -0.15) is 0 Å². The fraction of sp³-hybridized carbons (Fsp3) is 0.360. The molecule has 8 heteroatoms. The molecule has 4 aromatic heterocycles. The largest absolute Gasteiger partial charge is 0.466 e. The van der Waals surface area contributed by atoms with Gasteiger partial charge in [-0.1, -0.05) is 11.2 Å². The number of rotatable bonds is 6. The molecular formula is C25H26N4O4. The molecule has 1 aliphatic heterocycles. The van der Waals surface area contributed by atoms with Crippen LogP contribution in [0.25, 0.3) is 22.4 Å². The highest BCUT2D eigenvalue weighted by molar-refractivity contribution is 6.07. The third kappa shape index (κ3) is 4.26. The first-order valence-corrected chi connectivity index (χ1v) is 11.1. The van der Waals surface area contributed by atoms with E-state index in [0.29, 0.717) is 41.1 Å². The van der Waals surface area contributed by atoms with Crippen LogP contribution in [0.1, 0.15) is 46.0 Å². The zero-order valence-electron chi connectivity index (χ0n) is 19.0. The van der Waals surface area contributed by atoms with Gasteiger partial charge in [-0.05, 0) is 57.4 Å². The third-order valence-electron chi connectivity index (χ3n) is 6.00. The van der Waals surface area contributed by atoms with Gasteiger partial charge in [0.1, 0.15) is 11.5 Å². The Balaban J connectivity index is 1.59. The predicted octanol–water partition coefficient (Wildman–Crippen LogP) is 4.62. The number of hydrogen-bond acceptors (Lipinski definition) is 7. The minimum absolute atomic E-state index is 0.0183. The number of fused-ring (bicyclic) bond motifs is 1. The van der Waals surface area contributed by atoms with Crippen molar-refractivity contribution in [2.45, 2.75) is 46.3 Å². The quantitative estimate of drug-likeness (QED) is 0.426. The van der Waals surface area contributed by atoms with Crippen LogP contribution in [0.15, 0.2) is 45.6 Å². The van der Waals surface area contributed by atoms with E-state index in [4.69, 9.17) is 13.7 Å². The second-order valence-electron chi connectivity index (χ2n) is 8.51. The minimum atomic E-state index is -0.118. The number of hydrogen-bond donors (Lipinski definition) is 0. The number of carbonyl (C=O) groups excluding carboxylic acids is 1. The van der Waals surface area contributed by atoms with Gasteiger partial charge < -0.3 is 18.6 Å². The Morgan fingerprint density at radius 2 is 2.12 bits per heavy atom. The van der Waals surface area contributed by atoms with E-state index < -0.39 is 0 Å². The molecule has 0 aliphatic carbocycles. The van der Waals surface area contributed by atoms with Crippen LogP contribution in [0, 0.1) is 20.8 Å². The average Bonchev–Trinajstić information content (AvgIpc) is 3.54. The summed E-state index contributed by atoms with van der Waals surface area (Å²) in [5.41, 5.74) is 3.88. The summed E-state index contributed by atoms with van der Waals surface area (Å²) in [4.78, 5) is 24.7. The Morgan fingerprint density at radius 1 is 1.24 bits per heavy atom. The molecule has 0 aromatic carbocycles. The second-order valence-corrected chi connectivity index (χ2v) is 8.51. The van der Waals surface area contributed by atoms with Crippen LogP contribution in [0.5, 0.6) is 0 Å². The first-order valence-electron chi connectivity index (χ1n) is 11.1. The van der Waals surface area contributed by atoms with E-state index in [0.717, 1.165) is 42.1 Å². The first kappa shape index (κ1) is 21.3. The maximum atomic E-state index is 14.0. The number of pyridine rings is 2. The van der Waals surface area contributed by atoms with Gasteiger partial charge in [0.25, 0.3) is 11.6 Å². The normalized spacial score (nSPS) is 15.9. The van der Waals surface area contributed by atoms with Gasteiger partial charge in [-0.3, -0.25) is 9.78 Å². The van der Waals surface area contributed by atoms with E-state index in [1.54, 1.807) is 12.4 Å². The van der Waals surface area contributed by atoms with E-state index in [1.165, 1.54) is 0 Å². The Labute approximate surface area is 191 Å². The first-order chi connectivity index (χ1) is 16.0. The number of ether oxygens (including phenoxy) is 1. The maximum Gasteiger partial charge on any atom is 0.259 e. The summed E-state index contributed by atoms with van der Waals surface area (Å²) in [5.74, 6) is 1.40. The van der Waals surface area contributed by atoms with Gasteiger partial charge in [0.05, 0.1) is 28.4 Å². The topological polar surface area (TPSA) is 94.5 Å². The summed E-state index contributed by atoms with van der Waals surface area (Å²) in [5, 5.41) is 4.71. The Hall–Kier alpha value is -3.52. The summed E-state index contributed by atoms with van der Waals surface area (Å²) in [6.07, 6.45) is 5.47. The van der Waals surface area contributed by atoms with Crippen molar-refractivity contribution in [3.63, 3.8) is 0 Å². The Bertz CT molecular complexity index is 1290. The van der Waals surface area contributed by atoms with Crippen LogP contribution in [-0.2, 0) is 11.3 Å². The maximum absolute atomic E-state index is 14.0. The summed E-state index contributed by atoms with van der Waals surface area (Å²) in [6.45, 7) is 7.25. The third-order valence-corrected chi connectivity index (χ3v) is 6.00. The van der Waals surface area contributed by atoms with Crippen molar-refractivity contribution < 1.29 is 18.5 Å². The molecule has 5 rings (SSSR count). The highest BCUT2D eigenvalue weighted by atomic mass is 16.5. The molecule has 0 spiro atoms. The molecule has 8 nitrogen and oxygen atoms in total. The number of aryl methyl sites for hydroxylation is 3. The lowest BCUT2D eigenvalue weighted by molar-refractivity contribution is 0.0508. The molecule has 4 aromatic rings.